The predicted octanol–water partition coefficient (Wildman–Crippen LogP) is 1.92. The van der Waals surface area contributed by atoms with Crippen molar-refractivity contribution in [2.24, 2.45) is 0 Å². The Bertz CT molecular complexity index is 497. The van der Waals surface area contributed by atoms with E-state index in [4.69, 9.17) is 4.74 Å². The van der Waals surface area contributed by atoms with Crippen molar-refractivity contribution >= 4 is 9.84 Å². The fourth-order valence-corrected chi connectivity index (χ4v) is 3.10. The Balaban J connectivity index is 2.67. The van der Waals surface area contributed by atoms with Crippen LogP contribution in [0.25, 0.3) is 0 Å². The number of para-hydroxylation sites is 1. The zero-order valence-corrected chi connectivity index (χ0v) is 12.7. The quantitative estimate of drug-likeness (QED) is 0.793. The van der Waals surface area contributed by atoms with Gasteiger partial charge in [0, 0.05) is 12.1 Å². The molecule has 0 atom stereocenters. The Morgan fingerprint density at radius 3 is 2.63 bits per heavy atom. The van der Waals surface area contributed by atoms with Gasteiger partial charge in [0.2, 0.25) is 0 Å². The maximum atomic E-state index is 11.6. The van der Waals surface area contributed by atoms with E-state index in [0.717, 1.165) is 16.9 Å². The second kappa shape index (κ2) is 7.50. The van der Waals surface area contributed by atoms with E-state index < -0.39 is 9.84 Å². The average molecular weight is 285 g/mol. The van der Waals surface area contributed by atoms with Crippen LogP contribution in [0, 0.1) is 6.92 Å². The molecule has 0 radical (unpaired) electrons. The summed E-state index contributed by atoms with van der Waals surface area (Å²) >= 11 is 0. The van der Waals surface area contributed by atoms with E-state index in [0.29, 0.717) is 13.0 Å². The van der Waals surface area contributed by atoms with Gasteiger partial charge in [-0.25, -0.2) is 8.42 Å². The maximum absolute atomic E-state index is 11.6. The fraction of sp³-hybridized carbons (Fsp3) is 0.571. The van der Waals surface area contributed by atoms with Crippen molar-refractivity contribution < 1.29 is 13.2 Å². The van der Waals surface area contributed by atoms with Crippen molar-refractivity contribution in [2.45, 2.75) is 26.8 Å². The van der Waals surface area contributed by atoms with Gasteiger partial charge in [0.05, 0.1) is 11.5 Å². The molecule has 0 aliphatic carbocycles. The normalized spacial score (nSPS) is 11.5. The van der Waals surface area contributed by atoms with Crippen LogP contribution in [0.4, 0.5) is 0 Å². The lowest BCUT2D eigenvalue weighted by Crippen LogP contribution is -2.18. The minimum atomic E-state index is -2.98. The summed E-state index contributed by atoms with van der Waals surface area (Å²) in [7, 11) is -1.11. The molecule has 1 N–H and O–H groups in total. The highest BCUT2D eigenvalue weighted by Gasteiger charge is 2.11. The van der Waals surface area contributed by atoms with Crippen LogP contribution in [0.5, 0.6) is 5.75 Å². The summed E-state index contributed by atoms with van der Waals surface area (Å²) in [5.74, 6) is 1.10. The molecule has 0 bridgehead atoms. The first-order valence-corrected chi connectivity index (χ1v) is 8.38. The van der Waals surface area contributed by atoms with Gasteiger partial charge in [-0.05, 0) is 26.0 Å². The minimum absolute atomic E-state index is 0.0775. The molecule has 1 aromatic carbocycles. The monoisotopic (exact) mass is 285 g/mol. The first kappa shape index (κ1) is 16.0. The molecule has 0 amide bonds. The third-order valence-corrected chi connectivity index (χ3v) is 4.64. The lowest BCUT2D eigenvalue weighted by molar-refractivity contribution is 0.334. The first-order chi connectivity index (χ1) is 9.00. The molecule has 0 fully saturated rings. The van der Waals surface area contributed by atoms with Crippen LogP contribution in [0.15, 0.2) is 18.2 Å². The molecular formula is C14H23NO3S. The summed E-state index contributed by atoms with van der Waals surface area (Å²) in [4.78, 5) is 0. The molecule has 1 aromatic rings. The molecule has 0 spiro atoms. The largest absolute Gasteiger partial charge is 0.492 e. The smallest absolute Gasteiger partial charge is 0.153 e. The van der Waals surface area contributed by atoms with Crippen LogP contribution >= 0.6 is 0 Å². The topological polar surface area (TPSA) is 55.4 Å². The summed E-state index contributed by atoms with van der Waals surface area (Å²) < 4.78 is 28.9. The summed E-state index contributed by atoms with van der Waals surface area (Å²) in [5, 5.41) is 3.08. The number of aryl methyl sites for hydroxylation is 1. The zero-order chi connectivity index (χ0) is 14.3. The Labute approximate surface area is 116 Å². The van der Waals surface area contributed by atoms with Crippen LogP contribution < -0.4 is 10.1 Å². The van der Waals surface area contributed by atoms with Gasteiger partial charge in [0.1, 0.15) is 12.4 Å². The van der Waals surface area contributed by atoms with Gasteiger partial charge in [-0.2, -0.15) is 0 Å². The molecule has 0 saturated carbocycles. The van der Waals surface area contributed by atoms with Crippen LogP contribution in [-0.4, -0.2) is 33.6 Å². The summed E-state index contributed by atoms with van der Waals surface area (Å²) in [5.41, 5.74) is 2.08. The van der Waals surface area contributed by atoms with E-state index >= 15 is 0 Å². The third-order valence-electron chi connectivity index (χ3n) is 2.82. The van der Waals surface area contributed by atoms with E-state index in [-0.39, 0.29) is 18.1 Å². The molecule has 19 heavy (non-hydrogen) atoms. The van der Waals surface area contributed by atoms with E-state index in [1.54, 1.807) is 0 Å². The number of benzene rings is 1. The van der Waals surface area contributed by atoms with E-state index in [2.05, 4.69) is 5.32 Å². The highest BCUT2D eigenvalue weighted by molar-refractivity contribution is 7.91. The van der Waals surface area contributed by atoms with E-state index in [1.165, 1.54) is 0 Å². The predicted molar refractivity (Wildman–Crippen MR) is 78.4 cm³/mol. The number of ether oxygens (including phenoxy) is 1. The highest BCUT2D eigenvalue weighted by Crippen LogP contribution is 2.23. The van der Waals surface area contributed by atoms with Crippen LogP contribution in [-0.2, 0) is 16.4 Å². The number of hydrogen-bond donors (Lipinski definition) is 1. The number of hydrogen-bond acceptors (Lipinski definition) is 4. The summed E-state index contributed by atoms with van der Waals surface area (Å²) in [6.45, 7) is 4.75. The van der Waals surface area contributed by atoms with Crippen LogP contribution in [0.3, 0.4) is 0 Å². The van der Waals surface area contributed by atoms with Gasteiger partial charge < -0.3 is 10.1 Å². The second-order valence-electron chi connectivity index (χ2n) is 4.59. The maximum Gasteiger partial charge on any atom is 0.153 e. The van der Waals surface area contributed by atoms with Crippen molar-refractivity contribution in [3.8, 4) is 5.75 Å². The van der Waals surface area contributed by atoms with Crippen molar-refractivity contribution in [2.75, 3.05) is 25.2 Å². The molecule has 5 heteroatoms. The first-order valence-electron chi connectivity index (χ1n) is 6.56. The third kappa shape index (κ3) is 5.20. The second-order valence-corrected chi connectivity index (χ2v) is 6.90. The molecule has 0 aromatic heterocycles. The molecule has 0 saturated heterocycles. The zero-order valence-electron chi connectivity index (χ0n) is 11.9. The van der Waals surface area contributed by atoms with Gasteiger partial charge >= 0.3 is 0 Å². The number of sulfone groups is 1. The van der Waals surface area contributed by atoms with E-state index in [9.17, 15) is 8.42 Å². The SMILES string of the molecule is CCCS(=O)(=O)CCOc1c(C)cccc1CNC. The van der Waals surface area contributed by atoms with Crippen molar-refractivity contribution in [3.63, 3.8) is 0 Å². The average Bonchev–Trinajstić information content (AvgIpc) is 2.33. The van der Waals surface area contributed by atoms with Gasteiger partial charge in [-0.3, -0.25) is 0 Å². The molecule has 1 rings (SSSR count). The molecule has 0 unspecified atom stereocenters. The van der Waals surface area contributed by atoms with Gasteiger partial charge in [-0.1, -0.05) is 25.1 Å². The minimum Gasteiger partial charge on any atom is -0.492 e. The Kier molecular flexibility index (Phi) is 6.31. The number of nitrogens with one attached hydrogen (secondary N) is 1. The number of rotatable bonds is 8. The lowest BCUT2D eigenvalue weighted by atomic mass is 10.1. The molecular weight excluding hydrogens is 262 g/mol. The van der Waals surface area contributed by atoms with Crippen molar-refractivity contribution in [3.05, 3.63) is 29.3 Å². The Hall–Kier alpha value is -1.07. The van der Waals surface area contributed by atoms with Crippen LogP contribution in [0.1, 0.15) is 24.5 Å². The molecule has 0 heterocycles. The van der Waals surface area contributed by atoms with Gasteiger partial charge in [0.15, 0.2) is 9.84 Å². The van der Waals surface area contributed by atoms with E-state index in [1.807, 2.05) is 39.1 Å². The van der Waals surface area contributed by atoms with Gasteiger partial charge in [0.25, 0.3) is 0 Å². The lowest BCUT2D eigenvalue weighted by Gasteiger charge is -2.14. The Morgan fingerprint density at radius 1 is 1.26 bits per heavy atom. The molecule has 0 aliphatic rings. The molecule has 0 aliphatic heterocycles. The van der Waals surface area contributed by atoms with Crippen LogP contribution in [0.2, 0.25) is 0 Å². The standard InChI is InChI=1S/C14H23NO3S/c1-4-9-19(16,17)10-8-18-14-12(2)6-5-7-13(14)11-15-3/h5-7,15H,4,8-11H2,1-3H3. The van der Waals surface area contributed by atoms with Crippen molar-refractivity contribution in [1.82, 2.24) is 5.32 Å². The van der Waals surface area contributed by atoms with Gasteiger partial charge in [-0.15, -0.1) is 0 Å². The summed E-state index contributed by atoms with van der Waals surface area (Å²) in [6.07, 6.45) is 0.650. The molecule has 4 nitrogen and oxygen atoms in total. The summed E-state index contributed by atoms with van der Waals surface area (Å²) in [6, 6.07) is 5.93. The Morgan fingerprint density at radius 2 is 2.00 bits per heavy atom. The van der Waals surface area contributed by atoms with Crippen molar-refractivity contribution in [1.29, 1.82) is 0 Å². The molecule has 108 valence electrons. The highest BCUT2D eigenvalue weighted by atomic mass is 32.2. The fourth-order valence-electron chi connectivity index (χ4n) is 1.93.